The molecule has 1 aromatic rings. The second-order valence-corrected chi connectivity index (χ2v) is 7.00. The van der Waals surface area contributed by atoms with E-state index in [2.05, 4.69) is 21.8 Å². The molecular formula is C15H25N3O3. The van der Waals surface area contributed by atoms with Crippen molar-refractivity contribution in [2.45, 2.75) is 51.2 Å². The lowest BCUT2D eigenvalue weighted by Gasteiger charge is -2.21. The Morgan fingerprint density at radius 1 is 1.33 bits per heavy atom. The predicted octanol–water partition coefficient (Wildman–Crippen LogP) is 1.11. The fourth-order valence-electron chi connectivity index (χ4n) is 3.13. The molecule has 1 unspecified atom stereocenters. The van der Waals surface area contributed by atoms with E-state index in [1.165, 1.54) is 18.5 Å². The Kier molecular flexibility index (Phi) is 4.27. The van der Waals surface area contributed by atoms with Gasteiger partial charge < -0.3 is 9.64 Å². The monoisotopic (exact) mass is 295 g/mol. The highest BCUT2D eigenvalue weighted by atomic mass is 16.5. The van der Waals surface area contributed by atoms with E-state index >= 15 is 0 Å². The number of H-pyrrole nitrogens is 1. The number of nitrogens with one attached hydrogen (secondary N) is 1. The molecule has 1 atom stereocenters. The van der Waals surface area contributed by atoms with Crippen molar-refractivity contribution in [3.05, 3.63) is 22.1 Å². The Morgan fingerprint density at radius 2 is 2.00 bits per heavy atom. The Labute approximate surface area is 125 Å². The van der Waals surface area contributed by atoms with Gasteiger partial charge in [-0.1, -0.05) is 0 Å². The minimum atomic E-state index is -0.318. The number of aryl methyl sites for hydroxylation is 1. The van der Waals surface area contributed by atoms with Crippen LogP contribution in [-0.2, 0) is 21.5 Å². The van der Waals surface area contributed by atoms with Crippen LogP contribution in [0.5, 0.6) is 0 Å². The maximum absolute atomic E-state index is 11.2. The lowest BCUT2D eigenvalue weighted by molar-refractivity contribution is -0.138. The molecule has 0 amide bonds. The number of aromatic nitrogens is 2. The van der Waals surface area contributed by atoms with Gasteiger partial charge >= 0.3 is 0 Å². The van der Waals surface area contributed by atoms with E-state index in [9.17, 15) is 9.59 Å². The van der Waals surface area contributed by atoms with Crippen LogP contribution in [0.15, 0.2) is 10.9 Å². The molecule has 0 bridgehead atoms. The quantitative estimate of drug-likeness (QED) is 0.788. The summed E-state index contributed by atoms with van der Waals surface area (Å²) >= 11 is 0. The Hall–Kier alpha value is -1.56. The van der Waals surface area contributed by atoms with E-state index in [1.54, 1.807) is 6.07 Å². The topological polar surface area (TPSA) is 67.3 Å². The maximum atomic E-state index is 11.2. The molecule has 1 saturated heterocycles. The lowest BCUT2D eigenvalue weighted by atomic mass is 9.83. The van der Waals surface area contributed by atoms with Crippen LogP contribution in [0.2, 0.25) is 0 Å². The number of rotatable bonds is 1. The average Bonchev–Trinajstić information content (AvgIpc) is 2.98. The predicted molar refractivity (Wildman–Crippen MR) is 80.4 cm³/mol. The molecule has 0 aliphatic carbocycles. The Bertz CT molecular complexity index is 555. The van der Waals surface area contributed by atoms with E-state index in [1.807, 2.05) is 25.5 Å². The summed E-state index contributed by atoms with van der Waals surface area (Å²) in [4.78, 5) is 23.2. The molecule has 0 radical (unpaired) electrons. The largest absolute Gasteiger partial charge is 0.462 e. The van der Waals surface area contributed by atoms with E-state index < -0.39 is 0 Å². The summed E-state index contributed by atoms with van der Waals surface area (Å²) in [7, 11) is 2.15. The van der Waals surface area contributed by atoms with Crippen molar-refractivity contribution in [1.82, 2.24) is 14.7 Å². The van der Waals surface area contributed by atoms with Gasteiger partial charge in [0.25, 0.3) is 12.0 Å². The van der Waals surface area contributed by atoms with Gasteiger partial charge in [-0.25, -0.2) is 0 Å². The van der Waals surface area contributed by atoms with Crippen molar-refractivity contribution < 1.29 is 9.53 Å². The number of ether oxygens (including phenoxy) is 1. The minimum Gasteiger partial charge on any atom is -0.462 e. The van der Waals surface area contributed by atoms with Gasteiger partial charge in [0, 0.05) is 30.3 Å². The lowest BCUT2D eigenvalue weighted by Crippen LogP contribution is -2.27. The molecule has 2 aliphatic rings. The Balaban J connectivity index is 0.000000199. The number of aromatic amines is 1. The van der Waals surface area contributed by atoms with Crippen molar-refractivity contribution >= 4 is 6.47 Å². The second-order valence-electron chi connectivity index (χ2n) is 7.00. The van der Waals surface area contributed by atoms with Crippen molar-refractivity contribution in [3.63, 3.8) is 0 Å². The van der Waals surface area contributed by atoms with Crippen molar-refractivity contribution in [3.8, 4) is 0 Å². The number of carbonyl (C=O) groups is 1. The third kappa shape index (κ3) is 3.56. The number of nitrogens with zero attached hydrogens (tertiary/aromatic N) is 2. The third-order valence-electron chi connectivity index (χ3n) is 4.11. The molecule has 1 spiro atoms. The first-order valence-electron chi connectivity index (χ1n) is 7.36. The number of likely N-dealkylation sites (tertiary alicyclic amines) is 1. The Morgan fingerprint density at radius 3 is 2.48 bits per heavy atom. The van der Waals surface area contributed by atoms with Crippen molar-refractivity contribution in [1.29, 1.82) is 0 Å². The van der Waals surface area contributed by atoms with Crippen molar-refractivity contribution in [2.75, 3.05) is 20.1 Å². The maximum Gasteiger partial charge on any atom is 0.293 e. The summed E-state index contributed by atoms with van der Waals surface area (Å²) in [6.07, 6.45) is 2.38. The zero-order valence-corrected chi connectivity index (χ0v) is 13.3. The van der Waals surface area contributed by atoms with Gasteiger partial charge in [0.05, 0.1) is 0 Å². The molecule has 1 fully saturated rings. The number of hydrogen-bond donors (Lipinski definition) is 1. The molecule has 118 valence electrons. The standard InChI is InChI=1S/C10H15N3O.C5H10O2/c1-12-4-2-10(7-12)3-5-13-8(10)6-9(14)11-13;1-5(2,3)7-4-6/h6H,2-5,7H2,1H3,(H,11,14);4H,1-3H3. The molecule has 0 aromatic carbocycles. The average molecular weight is 295 g/mol. The summed E-state index contributed by atoms with van der Waals surface area (Å²) < 4.78 is 6.58. The van der Waals surface area contributed by atoms with Gasteiger partial charge in [0.15, 0.2) is 0 Å². The van der Waals surface area contributed by atoms with E-state index in [0.29, 0.717) is 6.47 Å². The molecule has 3 rings (SSSR count). The van der Waals surface area contributed by atoms with Crippen LogP contribution in [0.1, 0.15) is 39.3 Å². The normalized spacial score (nSPS) is 24.6. The van der Waals surface area contributed by atoms with Gasteiger partial charge in [0.1, 0.15) is 5.60 Å². The van der Waals surface area contributed by atoms with Crippen LogP contribution in [0.25, 0.3) is 0 Å². The molecule has 1 aromatic heterocycles. The highest BCUT2D eigenvalue weighted by Gasteiger charge is 2.44. The first-order valence-corrected chi connectivity index (χ1v) is 7.36. The molecule has 6 nitrogen and oxygen atoms in total. The van der Waals surface area contributed by atoms with Gasteiger partial charge in [-0.05, 0) is 47.2 Å². The highest BCUT2D eigenvalue weighted by molar-refractivity contribution is 5.37. The second kappa shape index (κ2) is 5.67. The van der Waals surface area contributed by atoms with Crippen LogP contribution in [-0.4, -0.2) is 46.9 Å². The molecule has 0 saturated carbocycles. The van der Waals surface area contributed by atoms with Crippen LogP contribution >= 0.6 is 0 Å². The van der Waals surface area contributed by atoms with Crippen LogP contribution in [0.4, 0.5) is 0 Å². The van der Waals surface area contributed by atoms with Crippen molar-refractivity contribution in [2.24, 2.45) is 0 Å². The fourth-order valence-corrected chi connectivity index (χ4v) is 3.13. The summed E-state index contributed by atoms with van der Waals surface area (Å²) in [6, 6.07) is 1.78. The van der Waals surface area contributed by atoms with Gasteiger partial charge in [-0.3, -0.25) is 19.4 Å². The summed E-state index contributed by atoms with van der Waals surface area (Å²) in [5.41, 5.74) is 1.23. The molecule has 1 N–H and O–H groups in total. The zero-order chi connectivity index (χ0) is 15.7. The SMILES string of the molecule is CC(C)(C)OC=O.CN1CCC2(CCn3[nH]c(=O)cc32)C1. The number of hydrogen-bond acceptors (Lipinski definition) is 4. The van der Waals surface area contributed by atoms with E-state index in [4.69, 9.17) is 0 Å². The molecule has 2 aliphatic heterocycles. The van der Waals surface area contributed by atoms with Gasteiger partial charge in [-0.2, -0.15) is 0 Å². The van der Waals surface area contributed by atoms with Crippen LogP contribution in [0.3, 0.4) is 0 Å². The third-order valence-corrected chi connectivity index (χ3v) is 4.11. The highest BCUT2D eigenvalue weighted by Crippen LogP contribution is 2.40. The smallest absolute Gasteiger partial charge is 0.293 e. The minimum absolute atomic E-state index is 0.0497. The van der Waals surface area contributed by atoms with Crippen LogP contribution in [0, 0.1) is 0 Å². The first-order chi connectivity index (χ1) is 9.76. The van der Waals surface area contributed by atoms with Gasteiger partial charge in [-0.15, -0.1) is 0 Å². The number of likely N-dealkylation sites (N-methyl/N-ethyl adjacent to an activating group) is 1. The van der Waals surface area contributed by atoms with Crippen LogP contribution < -0.4 is 5.56 Å². The zero-order valence-electron chi connectivity index (χ0n) is 13.3. The molecular weight excluding hydrogens is 270 g/mol. The number of carbonyl (C=O) groups excluding carboxylic acids is 1. The molecule has 6 heteroatoms. The summed E-state index contributed by atoms with van der Waals surface area (Å²) in [6.45, 7) is 9.15. The molecule has 21 heavy (non-hydrogen) atoms. The molecule has 3 heterocycles. The number of fused-ring (bicyclic) bond motifs is 2. The van der Waals surface area contributed by atoms with E-state index in [0.717, 1.165) is 19.6 Å². The fraction of sp³-hybridized carbons (Fsp3) is 0.733. The summed E-state index contributed by atoms with van der Waals surface area (Å²) in [5, 5.41) is 2.87. The van der Waals surface area contributed by atoms with E-state index in [-0.39, 0.29) is 16.6 Å². The summed E-state index contributed by atoms with van der Waals surface area (Å²) in [5.74, 6) is 0. The first kappa shape index (κ1) is 15.8. The van der Waals surface area contributed by atoms with Gasteiger partial charge in [0.2, 0.25) is 0 Å².